The molecule has 0 aliphatic heterocycles. The molecule has 0 heterocycles. The van der Waals surface area contributed by atoms with E-state index in [0.717, 1.165) is 12.1 Å². The second-order valence-corrected chi connectivity index (χ2v) is 4.19. The van der Waals surface area contributed by atoms with Crippen molar-refractivity contribution in [3.05, 3.63) is 26.6 Å². The van der Waals surface area contributed by atoms with Gasteiger partial charge < -0.3 is 4.74 Å². The molecule has 1 nitrogen and oxygen atoms in total. The van der Waals surface area contributed by atoms with E-state index in [2.05, 4.69) is 36.6 Å². The SMILES string of the molecule is FC(F)Oc1cc(Br)c(C(F)F)c(Br)c1. The number of benzene rings is 1. The van der Waals surface area contributed by atoms with Gasteiger partial charge in [0, 0.05) is 14.5 Å². The highest BCUT2D eigenvalue weighted by Crippen LogP contribution is 2.37. The number of hydrogen-bond donors (Lipinski definition) is 0. The zero-order valence-corrected chi connectivity index (χ0v) is 10.2. The Balaban J connectivity index is 3.08. The van der Waals surface area contributed by atoms with Crippen LogP contribution in [0.25, 0.3) is 0 Å². The van der Waals surface area contributed by atoms with Gasteiger partial charge in [-0.1, -0.05) is 31.9 Å². The van der Waals surface area contributed by atoms with Gasteiger partial charge in [-0.2, -0.15) is 8.78 Å². The van der Waals surface area contributed by atoms with Gasteiger partial charge in [-0.15, -0.1) is 0 Å². The smallest absolute Gasteiger partial charge is 0.387 e. The largest absolute Gasteiger partial charge is 0.435 e. The maximum absolute atomic E-state index is 12.4. The lowest BCUT2D eigenvalue weighted by Crippen LogP contribution is -2.02. The number of alkyl halides is 4. The van der Waals surface area contributed by atoms with E-state index in [-0.39, 0.29) is 20.3 Å². The van der Waals surface area contributed by atoms with E-state index >= 15 is 0 Å². The summed E-state index contributed by atoms with van der Waals surface area (Å²) >= 11 is 5.71. The Hall–Kier alpha value is -0.300. The molecule has 1 aromatic carbocycles. The molecule has 0 radical (unpaired) electrons. The second-order valence-electron chi connectivity index (χ2n) is 2.48. The van der Waals surface area contributed by atoms with Crippen molar-refractivity contribution in [1.82, 2.24) is 0 Å². The van der Waals surface area contributed by atoms with Crippen molar-refractivity contribution in [3.63, 3.8) is 0 Å². The lowest BCUT2D eigenvalue weighted by atomic mass is 10.2. The highest BCUT2D eigenvalue weighted by molar-refractivity contribution is 9.11. The summed E-state index contributed by atoms with van der Waals surface area (Å²) in [7, 11) is 0. The third-order valence-electron chi connectivity index (χ3n) is 1.50. The van der Waals surface area contributed by atoms with Crippen LogP contribution in [-0.4, -0.2) is 6.61 Å². The van der Waals surface area contributed by atoms with Crippen LogP contribution >= 0.6 is 31.9 Å². The maximum Gasteiger partial charge on any atom is 0.387 e. The van der Waals surface area contributed by atoms with Gasteiger partial charge in [0.05, 0.1) is 0 Å². The van der Waals surface area contributed by atoms with Gasteiger partial charge >= 0.3 is 6.61 Å². The van der Waals surface area contributed by atoms with Crippen LogP contribution < -0.4 is 4.74 Å². The van der Waals surface area contributed by atoms with Crippen LogP contribution in [0.5, 0.6) is 5.75 Å². The molecule has 7 heteroatoms. The van der Waals surface area contributed by atoms with Crippen LogP contribution in [0.2, 0.25) is 0 Å². The predicted molar refractivity (Wildman–Crippen MR) is 53.4 cm³/mol. The van der Waals surface area contributed by atoms with E-state index in [1.807, 2.05) is 0 Å². The molecule has 0 saturated carbocycles. The summed E-state index contributed by atoms with van der Waals surface area (Å²) < 4.78 is 52.7. The highest BCUT2D eigenvalue weighted by Gasteiger charge is 2.18. The predicted octanol–water partition coefficient (Wildman–Crippen LogP) is 4.75. The van der Waals surface area contributed by atoms with Gasteiger partial charge in [0.25, 0.3) is 6.43 Å². The van der Waals surface area contributed by atoms with E-state index in [0.29, 0.717) is 0 Å². The van der Waals surface area contributed by atoms with Gasteiger partial charge in [0.2, 0.25) is 0 Å². The van der Waals surface area contributed by atoms with Gasteiger partial charge in [0.15, 0.2) is 0 Å². The Kier molecular flexibility index (Phi) is 4.39. The molecule has 0 atom stereocenters. The zero-order valence-electron chi connectivity index (χ0n) is 6.99. The minimum absolute atomic E-state index is 0.0162. The Bertz CT molecular complexity index is 333. The molecular weight excluding hydrogens is 348 g/mol. The van der Waals surface area contributed by atoms with Gasteiger partial charge in [-0.05, 0) is 12.1 Å². The molecule has 0 bridgehead atoms. The number of ether oxygens (including phenoxy) is 1. The molecule has 0 aromatic heterocycles. The van der Waals surface area contributed by atoms with Crippen molar-refractivity contribution in [2.45, 2.75) is 13.0 Å². The van der Waals surface area contributed by atoms with Crippen LogP contribution in [0.15, 0.2) is 21.1 Å². The quantitative estimate of drug-likeness (QED) is 0.714. The molecule has 0 N–H and O–H groups in total. The molecule has 1 aromatic rings. The minimum Gasteiger partial charge on any atom is -0.435 e. The van der Waals surface area contributed by atoms with Crippen molar-refractivity contribution >= 4 is 31.9 Å². The van der Waals surface area contributed by atoms with E-state index in [1.165, 1.54) is 0 Å². The Morgan fingerprint density at radius 2 is 1.47 bits per heavy atom. The van der Waals surface area contributed by atoms with Crippen molar-refractivity contribution in [1.29, 1.82) is 0 Å². The normalized spacial score (nSPS) is 11.2. The Labute approximate surface area is 99.7 Å². The number of hydrogen-bond acceptors (Lipinski definition) is 1. The molecule has 84 valence electrons. The van der Waals surface area contributed by atoms with Crippen LogP contribution in [-0.2, 0) is 0 Å². The first kappa shape index (κ1) is 12.8. The standard InChI is InChI=1S/C8H4Br2F4O/c9-4-1-3(15-8(13)14)2-5(10)6(4)7(11)12/h1-2,7-8H. The third-order valence-corrected chi connectivity index (χ3v) is 2.81. The summed E-state index contributed by atoms with van der Waals surface area (Å²) in [6.45, 7) is -2.99. The Morgan fingerprint density at radius 1 is 1.00 bits per heavy atom. The van der Waals surface area contributed by atoms with Gasteiger partial charge in [-0.25, -0.2) is 8.78 Å². The average molecular weight is 352 g/mol. The summed E-state index contributed by atoms with van der Waals surface area (Å²) in [4.78, 5) is 0. The molecule has 1 rings (SSSR count). The summed E-state index contributed by atoms with van der Waals surface area (Å²) in [6.07, 6.45) is -2.70. The van der Waals surface area contributed by atoms with Gasteiger partial charge in [0.1, 0.15) is 5.75 Å². The van der Waals surface area contributed by atoms with Crippen LogP contribution in [0.1, 0.15) is 12.0 Å². The summed E-state index contributed by atoms with van der Waals surface area (Å²) in [5, 5.41) is 0. The number of rotatable bonds is 3. The van der Waals surface area contributed by atoms with Crippen LogP contribution in [0, 0.1) is 0 Å². The average Bonchev–Trinajstić information content (AvgIpc) is 1.99. The van der Waals surface area contributed by atoms with Crippen LogP contribution in [0.3, 0.4) is 0 Å². The van der Waals surface area contributed by atoms with Crippen molar-refractivity contribution in [2.75, 3.05) is 0 Å². The fourth-order valence-corrected chi connectivity index (χ4v) is 2.43. The molecule has 15 heavy (non-hydrogen) atoms. The molecular formula is C8H4Br2F4O. The maximum atomic E-state index is 12.4. The molecule has 0 unspecified atom stereocenters. The fourth-order valence-electron chi connectivity index (χ4n) is 0.940. The highest BCUT2D eigenvalue weighted by atomic mass is 79.9. The molecule has 0 amide bonds. The van der Waals surface area contributed by atoms with Crippen LogP contribution in [0.4, 0.5) is 17.6 Å². The lowest BCUT2D eigenvalue weighted by Gasteiger charge is -2.10. The first-order chi connectivity index (χ1) is 6.91. The first-order valence-corrected chi connectivity index (χ1v) is 5.22. The van der Waals surface area contributed by atoms with E-state index in [9.17, 15) is 17.6 Å². The third kappa shape index (κ3) is 3.34. The lowest BCUT2D eigenvalue weighted by molar-refractivity contribution is -0.0499. The Morgan fingerprint density at radius 3 is 1.80 bits per heavy atom. The van der Waals surface area contributed by atoms with Crippen molar-refractivity contribution in [3.8, 4) is 5.75 Å². The van der Waals surface area contributed by atoms with Crippen molar-refractivity contribution < 1.29 is 22.3 Å². The molecule has 0 spiro atoms. The first-order valence-electron chi connectivity index (χ1n) is 3.63. The summed E-state index contributed by atoms with van der Waals surface area (Å²) in [6, 6.07) is 2.14. The number of halogens is 6. The summed E-state index contributed by atoms with van der Waals surface area (Å²) in [5.74, 6) is -0.187. The van der Waals surface area contributed by atoms with E-state index < -0.39 is 13.0 Å². The molecule has 0 fully saturated rings. The van der Waals surface area contributed by atoms with Gasteiger partial charge in [-0.3, -0.25) is 0 Å². The zero-order chi connectivity index (χ0) is 11.6. The monoisotopic (exact) mass is 350 g/mol. The molecule has 0 aliphatic rings. The molecule has 0 aliphatic carbocycles. The topological polar surface area (TPSA) is 9.23 Å². The molecule has 0 saturated heterocycles. The second kappa shape index (κ2) is 5.16. The van der Waals surface area contributed by atoms with E-state index in [4.69, 9.17) is 0 Å². The van der Waals surface area contributed by atoms with E-state index in [1.54, 1.807) is 0 Å². The fraction of sp³-hybridized carbons (Fsp3) is 0.250. The minimum atomic E-state index is -2.99. The van der Waals surface area contributed by atoms with Crippen molar-refractivity contribution in [2.24, 2.45) is 0 Å². The summed E-state index contributed by atoms with van der Waals surface area (Å²) in [5.41, 5.74) is -0.295.